The SMILES string of the molecule is O=C(Nc1ccc2c(c1)C(c1ccncc1)NN2)C1CNCCN1c1ccccc1. The van der Waals surface area contributed by atoms with E-state index in [-0.39, 0.29) is 18.0 Å². The molecule has 0 aliphatic carbocycles. The Hall–Kier alpha value is -3.42. The number of benzene rings is 2. The fourth-order valence-corrected chi connectivity index (χ4v) is 4.13. The highest BCUT2D eigenvalue weighted by molar-refractivity contribution is 5.97. The second-order valence-electron chi connectivity index (χ2n) is 7.52. The van der Waals surface area contributed by atoms with E-state index in [0.29, 0.717) is 6.54 Å². The molecule has 3 heterocycles. The number of piperazine rings is 1. The maximum atomic E-state index is 13.2. The van der Waals surface area contributed by atoms with Gasteiger partial charge in [-0.05, 0) is 48.0 Å². The average Bonchev–Trinajstić information content (AvgIpc) is 3.23. The van der Waals surface area contributed by atoms with Gasteiger partial charge < -0.3 is 21.0 Å². The van der Waals surface area contributed by atoms with Crippen molar-refractivity contribution < 1.29 is 4.79 Å². The second-order valence-corrected chi connectivity index (χ2v) is 7.52. The Balaban J connectivity index is 1.36. The van der Waals surface area contributed by atoms with Crippen molar-refractivity contribution in [1.29, 1.82) is 0 Å². The van der Waals surface area contributed by atoms with Crippen molar-refractivity contribution in [2.45, 2.75) is 12.1 Å². The van der Waals surface area contributed by atoms with Crippen LogP contribution in [0.5, 0.6) is 0 Å². The second kappa shape index (κ2) is 8.14. The van der Waals surface area contributed by atoms with Gasteiger partial charge in [-0.1, -0.05) is 18.2 Å². The number of hydrazine groups is 1. The zero-order valence-corrected chi connectivity index (χ0v) is 16.5. The molecule has 0 spiro atoms. The first-order valence-electron chi connectivity index (χ1n) is 10.2. The quantitative estimate of drug-likeness (QED) is 0.539. The van der Waals surface area contributed by atoms with E-state index in [2.05, 4.69) is 43.5 Å². The van der Waals surface area contributed by atoms with E-state index >= 15 is 0 Å². The van der Waals surface area contributed by atoms with Crippen molar-refractivity contribution in [2.75, 3.05) is 35.3 Å². The highest BCUT2D eigenvalue weighted by atomic mass is 16.2. The number of nitrogens with one attached hydrogen (secondary N) is 4. The predicted molar refractivity (Wildman–Crippen MR) is 118 cm³/mol. The van der Waals surface area contributed by atoms with Crippen LogP contribution in [0.15, 0.2) is 73.1 Å². The number of rotatable bonds is 4. The number of amides is 1. The van der Waals surface area contributed by atoms with E-state index in [0.717, 1.165) is 41.3 Å². The van der Waals surface area contributed by atoms with Crippen molar-refractivity contribution in [3.8, 4) is 0 Å². The summed E-state index contributed by atoms with van der Waals surface area (Å²) in [7, 11) is 0. The Morgan fingerprint density at radius 3 is 2.73 bits per heavy atom. The molecular weight excluding hydrogens is 376 g/mol. The van der Waals surface area contributed by atoms with Gasteiger partial charge in [0, 0.05) is 49.0 Å². The monoisotopic (exact) mass is 400 g/mol. The van der Waals surface area contributed by atoms with E-state index in [4.69, 9.17) is 0 Å². The molecule has 0 radical (unpaired) electrons. The molecule has 152 valence electrons. The normalized spacial score (nSPS) is 20.3. The molecule has 7 nitrogen and oxygen atoms in total. The van der Waals surface area contributed by atoms with Gasteiger partial charge in [0.15, 0.2) is 0 Å². The Morgan fingerprint density at radius 1 is 1.07 bits per heavy atom. The van der Waals surface area contributed by atoms with Gasteiger partial charge in [0.1, 0.15) is 6.04 Å². The van der Waals surface area contributed by atoms with Gasteiger partial charge in [-0.25, -0.2) is 5.43 Å². The van der Waals surface area contributed by atoms with E-state index in [1.807, 2.05) is 48.5 Å². The van der Waals surface area contributed by atoms with Crippen LogP contribution >= 0.6 is 0 Å². The van der Waals surface area contributed by atoms with Crippen molar-refractivity contribution in [3.63, 3.8) is 0 Å². The lowest BCUT2D eigenvalue weighted by Gasteiger charge is -2.37. The highest BCUT2D eigenvalue weighted by Gasteiger charge is 2.29. The zero-order valence-electron chi connectivity index (χ0n) is 16.5. The molecular formula is C23H24N6O. The number of fused-ring (bicyclic) bond motifs is 1. The number of hydrogen-bond donors (Lipinski definition) is 4. The van der Waals surface area contributed by atoms with Gasteiger partial charge in [-0.2, -0.15) is 0 Å². The number of carbonyl (C=O) groups is 1. The molecule has 2 unspecified atom stereocenters. The summed E-state index contributed by atoms with van der Waals surface area (Å²) in [4.78, 5) is 19.4. The lowest BCUT2D eigenvalue weighted by Crippen LogP contribution is -2.56. The van der Waals surface area contributed by atoms with E-state index in [1.54, 1.807) is 12.4 Å². The average molecular weight is 400 g/mol. The maximum Gasteiger partial charge on any atom is 0.248 e. The van der Waals surface area contributed by atoms with Crippen LogP contribution in [-0.4, -0.2) is 36.6 Å². The van der Waals surface area contributed by atoms with Gasteiger partial charge in [0.2, 0.25) is 5.91 Å². The summed E-state index contributed by atoms with van der Waals surface area (Å²) in [6.45, 7) is 2.28. The van der Waals surface area contributed by atoms with Crippen molar-refractivity contribution in [1.82, 2.24) is 15.7 Å². The summed E-state index contributed by atoms with van der Waals surface area (Å²) in [5.41, 5.74) is 11.6. The third-order valence-corrected chi connectivity index (χ3v) is 5.65. The third-order valence-electron chi connectivity index (χ3n) is 5.65. The van der Waals surface area contributed by atoms with Crippen LogP contribution in [0.25, 0.3) is 0 Å². The minimum Gasteiger partial charge on any atom is -0.357 e. The molecule has 2 aromatic carbocycles. The summed E-state index contributed by atoms with van der Waals surface area (Å²) in [6, 6.07) is 19.8. The molecule has 1 amide bonds. The number of hydrogen-bond acceptors (Lipinski definition) is 6. The van der Waals surface area contributed by atoms with E-state index < -0.39 is 0 Å². The number of anilines is 3. The largest absolute Gasteiger partial charge is 0.357 e. The molecule has 1 fully saturated rings. The van der Waals surface area contributed by atoms with Crippen LogP contribution in [-0.2, 0) is 4.79 Å². The van der Waals surface area contributed by atoms with Crippen LogP contribution in [0.4, 0.5) is 17.1 Å². The third kappa shape index (κ3) is 3.60. The van der Waals surface area contributed by atoms with Crippen molar-refractivity contribution >= 4 is 23.0 Å². The Bertz CT molecular complexity index is 1030. The molecule has 2 aliphatic heterocycles. The van der Waals surface area contributed by atoms with Crippen molar-refractivity contribution in [3.05, 3.63) is 84.2 Å². The molecule has 2 atom stereocenters. The standard InChI is InChI=1S/C23H24N6O/c30-23(21-15-25-12-13-29(21)18-4-2-1-3-5-18)26-17-6-7-20-19(14-17)22(28-27-20)16-8-10-24-11-9-16/h1-11,14,21-22,25,27-28H,12-13,15H2,(H,26,30). The zero-order chi connectivity index (χ0) is 20.3. The first-order valence-corrected chi connectivity index (χ1v) is 10.2. The molecule has 0 saturated carbocycles. The number of para-hydroxylation sites is 1. The molecule has 0 bridgehead atoms. The first-order chi connectivity index (χ1) is 14.8. The Kier molecular flexibility index (Phi) is 5.04. The van der Waals surface area contributed by atoms with E-state index in [9.17, 15) is 4.79 Å². The molecule has 2 aliphatic rings. The lowest BCUT2D eigenvalue weighted by atomic mass is 9.99. The van der Waals surface area contributed by atoms with Crippen LogP contribution in [0.3, 0.4) is 0 Å². The molecule has 30 heavy (non-hydrogen) atoms. The van der Waals surface area contributed by atoms with Gasteiger partial charge in [-0.15, -0.1) is 0 Å². The van der Waals surface area contributed by atoms with E-state index in [1.165, 1.54) is 0 Å². The molecule has 1 saturated heterocycles. The highest BCUT2D eigenvalue weighted by Crippen LogP contribution is 2.34. The molecule has 1 aromatic heterocycles. The minimum absolute atomic E-state index is 0.00891. The molecule has 5 rings (SSSR count). The summed E-state index contributed by atoms with van der Waals surface area (Å²) in [5, 5.41) is 6.47. The molecule has 7 heteroatoms. The first kappa shape index (κ1) is 18.6. The fraction of sp³-hybridized carbons (Fsp3) is 0.217. The maximum absolute atomic E-state index is 13.2. The van der Waals surface area contributed by atoms with Crippen molar-refractivity contribution in [2.24, 2.45) is 0 Å². The summed E-state index contributed by atoms with van der Waals surface area (Å²) < 4.78 is 0. The van der Waals surface area contributed by atoms with Crippen LogP contribution in [0.1, 0.15) is 17.2 Å². The topological polar surface area (TPSA) is 81.3 Å². The summed E-state index contributed by atoms with van der Waals surface area (Å²) >= 11 is 0. The Labute approximate surface area is 175 Å². The van der Waals surface area contributed by atoms with Gasteiger partial charge in [0.25, 0.3) is 0 Å². The van der Waals surface area contributed by atoms with Crippen LogP contribution in [0.2, 0.25) is 0 Å². The number of nitrogens with zero attached hydrogens (tertiary/aromatic N) is 2. The molecule has 3 aromatic rings. The minimum atomic E-state index is -0.262. The number of pyridine rings is 1. The van der Waals surface area contributed by atoms with Gasteiger partial charge in [0.05, 0.1) is 11.7 Å². The summed E-state index contributed by atoms with van der Waals surface area (Å²) in [5.74, 6) is -0.00891. The van der Waals surface area contributed by atoms with Gasteiger partial charge in [-0.3, -0.25) is 9.78 Å². The number of carbonyl (C=O) groups excluding carboxylic acids is 1. The predicted octanol–water partition coefficient (Wildman–Crippen LogP) is 2.52. The Morgan fingerprint density at radius 2 is 1.90 bits per heavy atom. The smallest absolute Gasteiger partial charge is 0.248 e. The fourth-order valence-electron chi connectivity index (χ4n) is 4.13. The van der Waals surface area contributed by atoms with Crippen LogP contribution < -0.4 is 26.4 Å². The van der Waals surface area contributed by atoms with Crippen LogP contribution in [0, 0.1) is 0 Å². The summed E-state index contributed by atoms with van der Waals surface area (Å²) in [6.07, 6.45) is 3.57. The molecule has 4 N–H and O–H groups in total. The van der Waals surface area contributed by atoms with Gasteiger partial charge >= 0.3 is 0 Å². The number of aromatic nitrogens is 1. The lowest BCUT2D eigenvalue weighted by molar-refractivity contribution is -0.117.